The van der Waals surface area contributed by atoms with Crippen LogP contribution in [0.5, 0.6) is 0 Å². The fraction of sp³-hybridized carbons (Fsp3) is 0.308. The third kappa shape index (κ3) is 2.99. The summed E-state index contributed by atoms with van der Waals surface area (Å²) in [5.41, 5.74) is 5.10. The van der Waals surface area contributed by atoms with Crippen LogP contribution in [0.3, 0.4) is 0 Å². The zero-order chi connectivity index (χ0) is 14.9. The number of aryl methyl sites for hydroxylation is 1. The summed E-state index contributed by atoms with van der Waals surface area (Å²) in [6.07, 6.45) is -3.93. The number of hydrogen-bond donors (Lipinski definition) is 1. The van der Waals surface area contributed by atoms with Gasteiger partial charge < -0.3 is 5.73 Å². The second-order valence-corrected chi connectivity index (χ2v) is 5.34. The Hall–Kier alpha value is -1.47. The molecule has 0 radical (unpaired) electrons. The van der Waals surface area contributed by atoms with Crippen molar-refractivity contribution < 1.29 is 17.6 Å². The third-order valence-corrected chi connectivity index (χ3v) is 4.04. The molecule has 20 heavy (non-hydrogen) atoms. The molecule has 0 unspecified atom stereocenters. The van der Waals surface area contributed by atoms with Crippen molar-refractivity contribution in [3.8, 4) is 10.6 Å². The van der Waals surface area contributed by atoms with E-state index in [4.69, 9.17) is 5.73 Å². The Bertz CT molecular complexity index is 619. The molecule has 0 bridgehead atoms. The van der Waals surface area contributed by atoms with E-state index in [0.29, 0.717) is 18.7 Å². The number of hydrogen-bond acceptors (Lipinski definition) is 3. The Morgan fingerprint density at radius 1 is 1.30 bits per heavy atom. The van der Waals surface area contributed by atoms with Crippen LogP contribution < -0.4 is 5.73 Å². The lowest BCUT2D eigenvalue weighted by molar-refractivity contribution is -0.137. The third-order valence-electron chi connectivity index (χ3n) is 2.79. The Kier molecular flexibility index (Phi) is 4.10. The average Bonchev–Trinajstić information content (AvgIpc) is 2.70. The van der Waals surface area contributed by atoms with Gasteiger partial charge in [-0.25, -0.2) is 9.37 Å². The number of nitrogens with zero attached hydrogens (tertiary/aromatic N) is 1. The van der Waals surface area contributed by atoms with Crippen molar-refractivity contribution in [3.05, 3.63) is 40.2 Å². The molecule has 2 N–H and O–H groups in total. The molecule has 1 heterocycles. The molecule has 7 heteroatoms. The molecule has 1 aromatic carbocycles. The van der Waals surface area contributed by atoms with Crippen molar-refractivity contribution in [2.45, 2.75) is 19.5 Å². The Labute approximate surface area is 117 Å². The number of nitrogens with two attached hydrogens (primary N) is 1. The lowest BCUT2D eigenvalue weighted by Gasteiger charge is -2.08. The summed E-state index contributed by atoms with van der Waals surface area (Å²) in [5.74, 6) is -0.717. The van der Waals surface area contributed by atoms with E-state index in [-0.39, 0.29) is 10.6 Å². The number of benzene rings is 1. The zero-order valence-electron chi connectivity index (χ0n) is 10.6. The van der Waals surface area contributed by atoms with Gasteiger partial charge in [0.15, 0.2) is 0 Å². The van der Waals surface area contributed by atoms with Gasteiger partial charge in [-0.2, -0.15) is 13.2 Å². The first kappa shape index (κ1) is 14.9. The number of rotatable bonds is 3. The van der Waals surface area contributed by atoms with Crippen LogP contribution in [0.2, 0.25) is 0 Å². The van der Waals surface area contributed by atoms with Crippen molar-refractivity contribution in [1.29, 1.82) is 0 Å². The molecular weight excluding hydrogens is 292 g/mol. The quantitative estimate of drug-likeness (QED) is 0.877. The highest BCUT2D eigenvalue weighted by atomic mass is 32.1. The molecule has 0 spiro atoms. The minimum absolute atomic E-state index is 0.129. The average molecular weight is 304 g/mol. The van der Waals surface area contributed by atoms with Crippen LogP contribution in [0, 0.1) is 12.7 Å². The molecule has 0 aliphatic carbocycles. The monoisotopic (exact) mass is 304 g/mol. The molecule has 108 valence electrons. The van der Waals surface area contributed by atoms with E-state index < -0.39 is 17.6 Å². The van der Waals surface area contributed by atoms with Crippen LogP contribution in [0.15, 0.2) is 18.2 Å². The van der Waals surface area contributed by atoms with E-state index in [0.717, 1.165) is 23.1 Å². The van der Waals surface area contributed by atoms with Crippen molar-refractivity contribution >= 4 is 11.3 Å². The van der Waals surface area contributed by atoms with Crippen molar-refractivity contribution in [2.24, 2.45) is 5.73 Å². The van der Waals surface area contributed by atoms with Gasteiger partial charge in [-0.1, -0.05) is 0 Å². The van der Waals surface area contributed by atoms with E-state index in [1.807, 2.05) is 0 Å². The van der Waals surface area contributed by atoms with Gasteiger partial charge >= 0.3 is 6.18 Å². The summed E-state index contributed by atoms with van der Waals surface area (Å²) >= 11 is 1.17. The number of aromatic nitrogens is 1. The molecule has 2 nitrogen and oxygen atoms in total. The summed E-state index contributed by atoms with van der Waals surface area (Å²) in [6.45, 7) is 2.14. The first-order valence-corrected chi connectivity index (χ1v) is 6.68. The maximum atomic E-state index is 13.7. The van der Waals surface area contributed by atoms with Gasteiger partial charge in [0.1, 0.15) is 10.8 Å². The smallest absolute Gasteiger partial charge is 0.330 e. The molecule has 0 fully saturated rings. The van der Waals surface area contributed by atoms with Crippen LogP contribution in [0.25, 0.3) is 10.6 Å². The Balaban J connectivity index is 2.49. The van der Waals surface area contributed by atoms with Gasteiger partial charge in [-0.15, -0.1) is 11.3 Å². The minimum Gasteiger partial charge on any atom is -0.330 e. The lowest BCUT2D eigenvalue weighted by Crippen LogP contribution is -2.05. The number of halogens is 4. The highest BCUT2D eigenvalue weighted by Gasteiger charge is 2.31. The van der Waals surface area contributed by atoms with Gasteiger partial charge in [-0.05, 0) is 38.1 Å². The number of thiazole rings is 1. The Morgan fingerprint density at radius 3 is 2.60 bits per heavy atom. The van der Waals surface area contributed by atoms with E-state index >= 15 is 0 Å². The predicted octanol–water partition coefficient (Wildman–Crippen LogP) is 3.78. The molecule has 0 aliphatic rings. The summed E-state index contributed by atoms with van der Waals surface area (Å²) in [7, 11) is 0. The SMILES string of the molecule is Cc1nc(-c2cc(C(F)(F)F)ccc2F)sc1CCN. The van der Waals surface area contributed by atoms with Gasteiger partial charge in [0.25, 0.3) is 0 Å². The first-order valence-electron chi connectivity index (χ1n) is 5.86. The van der Waals surface area contributed by atoms with Gasteiger partial charge in [-0.3, -0.25) is 0 Å². The largest absolute Gasteiger partial charge is 0.416 e. The molecule has 0 amide bonds. The van der Waals surface area contributed by atoms with Gasteiger partial charge in [0, 0.05) is 10.4 Å². The summed E-state index contributed by atoms with van der Waals surface area (Å²) in [6, 6.07) is 2.33. The van der Waals surface area contributed by atoms with Crippen molar-refractivity contribution in [3.63, 3.8) is 0 Å². The van der Waals surface area contributed by atoms with Crippen LogP contribution in [0.1, 0.15) is 16.1 Å². The van der Waals surface area contributed by atoms with Crippen LogP contribution in [-0.2, 0) is 12.6 Å². The fourth-order valence-corrected chi connectivity index (χ4v) is 2.87. The van der Waals surface area contributed by atoms with Gasteiger partial charge in [0.05, 0.1) is 11.3 Å². The van der Waals surface area contributed by atoms with Crippen molar-refractivity contribution in [1.82, 2.24) is 4.98 Å². The molecule has 0 atom stereocenters. The first-order chi connectivity index (χ1) is 9.32. The topological polar surface area (TPSA) is 38.9 Å². The van der Waals surface area contributed by atoms with Crippen LogP contribution in [0.4, 0.5) is 17.6 Å². The van der Waals surface area contributed by atoms with E-state index in [1.165, 1.54) is 11.3 Å². The van der Waals surface area contributed by atoms with Crippen LogP contribution in [-0.4, -0.2) is 11.5 Å². The van der Waals surface area contributed by atoms with E-state index in [2.05, 4.69) is 4.98 Å². The molecule has 2 aromatic rings. The fourth-order valence-electron chi connectivity index (χ4n) is 1.77. The minimum atomic E-state index is -4.51. The maximum absolute atomic E-state index is 13.7. The molecule has 0 aliphatic heterocycles. The maximum Gasteiger partial charge on any atom is 0.416 e. The molecule has 0 saturated carbocycles. The molecule has 1 aromatic heterocycles. The highest BCUT2D eigenvalue weighted by Crippen LogP contribution is 2.35. The van der Waals surface area contributed by atoms with Crippen molar-refractivity contribution in [2.75, 3.05) is 6.54 Å². The summed E-state index contributed by atoms with van der Waals surface area (Å²) in [4.78, 5) is 5.00. The Morgan fingerprint density at radius 2 is 2.00 bits per heavy atom. The van der Waals surface area contributed by atoms with E-state index in [1.54, 1.807) is 6.92 Å². The van der Waals surface area contributed by atoms with Gasteiger partial charge in [0.2, 0.25) is 0 Å². The van der Waals surface area contributed by atoms with Crippen LogP contribution >= 0.6 is 11.3 Å². The predicted molar refractivity (Wildman–Crippen MR) is 70.0 cm³/mol. The second-order valence-electron chi connectivity index (χ2n) is 4.26. The molecule has 2 rings (SSSR count). The normalized spacial score (nSPS) is 11.9. The molecular formula is C13H12F4N2S. The number of alkyl halides is 3. The zero-order valence-corrected chi connectivity index (χ0v) is 11.4. The standard InChI is InChI=1S/C13H12F4N2S/c1-7-11(4-5-18)20-12(19-7)9-6-8(13(15,16)17)2-3-10(9)14/h2-3,6H,4-5,18H2,1H3. The highest BCUT2D eigenvalue weighted by molar-refractivity contribution is 7.15. The second kappa shape index (κ2) is 5.49. The lowest BCUT2D eigenvalue weighted by atomic mass is 10.1. The summed E-state index contributed by atoms with van der Waals surface area (Å²) < 4.78 is 51.7. The summed E-state index contributed by atoms with van der Waals surface area (Å²) in [5, 5.41) is 0.245. The molecule has 0 saturated heterocycles. The van der Waals surface area contributed by atoms with E-state index in [9.17, 15) is 17.6 Å².